The average molecular weight is 416 g/mol. The summed E-state index contributed by atoms with van der Waals surface area (Å²) in [5.74, 6) is -2.89. The molecule has 0 aromatic heterocycles. The number of nitrogens with one attached hydrogen (secondary N) is 1. The highest BCUT2D eigenvalue weighted by molar-refractivity contribution is 7.80. The zero-order chi connectivity index (χ0) is 20.3. The number of ether oxygens (including phenoxy) is 1. The Morgan fingerprint density at radius 2 is 1.96 bits per heavy atom. The minimum Gasteiger partial charge on any atom is -0.465 e. The summed E-state index contributed by atoms with van der Waals surface area (Å²) >= 11 is 11.1. The van der Waals surface area contributed by atoms with Gasteiger partial charge in [0.1, 0.15) is 0 Å². The maximum absolute atomic E-state index is 12.8. The van der Waals surface area contributed by atoms with Crippen LogP contribution in [0.25, 0.3) is 0 Å². The maximum atomic E-state index is 12.8. The van der Waals surface area contributed by atoms with Crippen molar-refractivity contribution in [3.63, 3.8) is 0 Å². The number of benzene rings is 2. The Hall–Kier alpha value is -3.10. The summed E-state index contributed by atoms with van der Waals surface area (Å²) < 4.78 is 4.66. The lowest BCUT2D eigenvalue weighted by molar-refractivity contribution is -0.130. The normalized spacial score (nSPS) is 17.0. The molecule has 142 valence electrons. The molecule has 1 atom stereocenters. The van der Waals surface area contributed by atoms with Crippen LogP contribution in [0.15, 0.2) is 53.5 Å². The first-order valence-electron chi connectivity index (χ1n) is 8.08. The van der Waals surface area contributed by atoms with Gasteiger partial charge in [-0.25, -0.2) is 4.79 Å². The third-order valence-corrected chi connectivity index (χ3v) is 4.56. The van der Waals surface area contributed by atoms with Gasteiger partial charge in [-0.1, -0.05) is 29.8 Å². The van der Waals surface area contributed by atoms with E-state index in [1.54, 1.807) is 36.4 Å². The van der Waals surface area contributed by atoms with Crippen molar-refractivity contribution in [3.8, 4) is 0 Å². The summed E-state index contributed by atoms with van der Waals surface area (Å²) in [6.07, 6.45) is 1.21. The van der Waals surface area contributed by atoms with E-state index < -0.39 is 23.7 Å². The van der Waals surface area contributed by atoms with Gasteiger partial charge in [-0.2, -0.15) is 0 Å². The number of para-hydroxylation sites is 1. The number of esters is 1. The number of halogens is 1. The fourth-order valence-corrected chi connectivity index (χ4v) is 3.05. The summed E-state index contributed by atoms with van der Waals surface area (Å²) in [6.45, 7) is 0. The second-order valence-electron chi connectivity index (χ2n) is 5.72. The number of hydrogen-bond acceptors (Lipinski definition) is 6. The number of thiocarbonyl (C=S) groups is 1. The van der Waals surface area contributed by atoms with Crippen molar-refractivity contribution < 1.29 is 19.1 Å². The second kappa shape index (κ2) is 8.28. The van der Waals surface area contributed by atoms with Crippen LogP contribution < -0.4 is 10.2 Å². The van der Waals surface area contributed by atoms with E-state index in [0.29, 0.717) is 11.4 Å². The number of amides is 2. The van der Waals surface area contributed by atoms with Gasteiger partial charge >= 0.3 is 5.97 Å². The van der Waals surface area contributed by atoms with Crippen LogP contribution in [0.4, 0.5) is 11.4 Å². The van der Waals surface area contributed by atoms with Gasteiger partial charge in [-0.15, -0.1) is 0 Å². The Morgan fingerprint density at radius 3 is 2.64 bits per heavy atom. The number of carbonyl (C=O) groups excluding carboxylic acids is 3. The van der Waals surface area contributed by atoms with Gasteiger partial charge < -0.3 is 10.1 Å². The van der Waals surface area contributed by atoms with E-state index in [-0.39, 0.29) is 15.7 Å². The molecule has 0 saturated carbocycles. The van der Waals surface area contributed by atoms with Crippen molar-refractivity contribution in [2.75, 3.05) is 12.0 Å². The highest BCUT2D eigenvalue weighted by Gasteiger charge is 2.38. The van der Waals surface area contributed by atoms with Crippen LogP contribution in [0.1, 0.15) is 10.4 Å². The molecule has 9 heteroatoms. The molecule has 3 rings (SSSR count). The van der Waals surface area contributed by atoms with Crippen LogP contribution in [0.5, 0.6) is 0 Å². The first kappa shape index (κ1) is 19.7. The van der Waals surface area contributed by atoms with Crippen molar-refractivity contribution in [1.29, 1.82) is 0 Å². The first-order valence-corrected chi connectivity index (χ1v) is 8.87. The third-order valence-electron chi connectivity index (χ3n) is 3.94. The maximum Gasteiger partial charge on any atom is 0.339 e. The van der Waals surface area contributed by atoms with E-state index in [1.165, 1.54) is 30.4 Å². The molecule has 0 unspecified atom stereocenters. The molecule has 2 aromatic carbocycles. The quantitative estimate of drug-likeness (QED) is 0.359. The zero-order valence-corrected chi connectivity index (χ0v) is 16.2. The minimum atomic E-state index is -1.18. The van der Waals surface area contributed by atoms with Gasteiger partial charge in [0.15, 0.2) is 11.0 Å². The zero-order valence-electron chi connectivity index (χ0n) is 14.6. The van der Waals surface area contributed by atoms with E-state index in [0.717, 1.165) is 0 Å². The van der Waals surface area contributed by atoms with E-state index in [2.05, 4.69) is 15.0 Å². The van der Waals surface area contributed by atoms with Gasteiger partial charge in [-0.05, 0) is 42.5 Å². The van der Waals surface area contributed by atoms with Crippen LogP contribution >= 0.6 is 23.8 Å². The standard InChI is InChI=1S/C19H14ClN3O4S/c1-27-18(26)13-9-11(7-8-15(13)20)21-10-14-16(24)22-19(28)23(17(14)25)12-5-3-2-4-6-12/h2-10,14H,1H3,(H,22,24,28)/t14-/m1/s1. The first-order chi connectivity index (χ1) is 13.4. The highest BCUT2D eigenvalue weighted by Crippen LogP contribution is 2.24. The lowest BCUT2D eigenvalue weighted by Gasteiger charge is -2.30. The molecule has 2 aromatic rings. The number of methoxy groups -OCH3 is 1. The van der Waals surface area contributed by atoms with Gasteiger partial charge in [0, 0.05) is 6.21 Å². The van der Waals surface area contributed by atoms with Crippen LogP contribution in [0.3, 0.4) is 0 Å². The lowest BCUT2D eigenvalue weighted by Crippen LogP contribution is -2.58. The molecule has 0 bridgehead atoms. The van der Waals surface area contributed by atoms with E-state index in [1.807, 2.05) is 0 Å². The summed E-state index contributed by atoms with van der Waals surface area (Å²) in [4.78, 5) is 42.2. The molecule has 28 heavy (non-hydrogen) atoms. The minimum absolute atomic E-state index is 0.00493. The van der Waals surface area contributed by atoms with Crippen LogP contribution in [0.2, 0.25) is 5.02 Å². The average Bonchev–Trinajstić information content (AvgIpc) is 2.69. The molecule has 1 fully saturated rings. The summed E-state index contributed by atoms with van der Waals surface area (Å²) in [6, 6.07) is 13.2. The van der Waals surface area contributed by atoms with Gasteiger partial charge in [0.05, 0.1) is 29.1 Å². The highest BCUT2D eigenvalue weighted by atomic mass is 35.5. The number of nitrogens with zero attached hydrogens (tertiary/aromatic N) is 2. The topological polar surface area (TPSA) is 88.1 Å². The van der Waals surface area contributed by atoms with Crippen LogP contribution in [-0.4, -0.2) is 36.2 Å². The molecule has 1 saturated heterocycles. The molecule has 2 amide bonds. The number of aliphatic imine (C=N–C) groups is 1. The number of carbonyl (C=O) groups is 3. The molecule has 1 heterocycles. The van der Waals surface area contributed by atoms with Crippen molar-refractivity contribution in [1.82, 2.24) is 5.32 Å². The number of rotatable bonds is 4. The summed E-state index contributed by atoms with van der Waals surface area (Å²) in [5.41, 5.74) is 1.01. The van der Waals surface area contributed by atoms with Gasteiger partial charge in [0.25, 0.3) is 5.91 Å². The van der Waals surface area contributed by atoms with Crippen molar-refractivity contribution in [2.24, 2.45) is 10.9 Å². The number of anilines is 1. The molecule has 0 aliphatic carbocycles. The van der Waals surface area contributed by atoms with E-state index in [4.69, 9.17) is 23.8 Å². The fraction of sp³-hybridized carbons (Fsp3) is 0.105. The monoisotopic (exact) mass is 415 g/mol. The van der Waals surface area contributed by atoms with Crippen molar-refractivity contribution in [3.05, 3.63) is 59.1 Å². The van der Waals surface area contributed by atoms with Crippen molar-refractivity contribution >= 4 is 64.3 Å². The molecular weight excluding hydrogens is 402 g/mol. The molecular formula is C19H14ClN3O4S. The predicted octanol–water partition coefficient (Wildman–Crippen LogP) is 2.89. The van der Waals surface area contributed by atoms with Gasteiger partial charge in [0.2, 0.25) is 5.91 Å². The Morgan fingerprint density at radius 1 is 1.25 bits per heavy atom. The molecule has 0 radical (unpaired) electrons. The molecule has 1 aliphatic rings. The fourth-order valence-electron chi connectivity index (χ4n) is 2.56. The smallest absolute Gasteiger partial charge is 0.339 e. The Labute approximate surface area is 171 Å². The Kier molecular flexibility index (Phi) is 5.81. The van der Waals surface area contributed by atoms with E-state index in [9.17, 15) is 14.4 Å². The van der Waals surface area contributed by atoms with Crippen molar-refractivity contribution in [2.45, 2.75) is 0 Å². The lowest BCUT2D eigenvalue weighted by atomic mass is 10.1. The van der Waals surface area contributed by atoms with Crippen LogP contribution in [0, 0.1) is 5.92 Å². The summed E-state index contributed by atoms with van der Waals surface area (Å²) in [7, 11) is 1.24. The largest absolute Gasteiger partial charge is 0.465 e. The molecule has 0 spiro atoms. The summed E-state index contributed by atoms with van der Waals surface area (Å²) in [5, 5.41) is 2.71. The Balaban J connectivity index is 1.89. The molecule has 7 nitrogen and oxygen atoms in total. The van der Waals surface area contributed by atoms with E-state index >= 15 is 0 Å². The number of hydrogen-bond donors (Lipinski definition) is 1. The second-order valence-corrected chi connectivity index (χ2v) is 6.51. The van der Waals surface area contributed by atoms with Gasteiger partial charge in [-0.3, -0.25) is 19.5 Å². The SMILES string of the molecule is COC(=O)c1cc(N=C[C@@H]2C(=O)NC(=S)N(c3ccccc3)C2=O)ccc1Cl. The molecule has 1 N–H and O–H groups in total. The Bertz CT molecular complexity index is 994. The molecule has 1 aliphatic heterocycles. The van der Waals surface area contributed by atoms with Crippen LogP contribution in [-0.2, 0) is 14.3 Å². The predicted molar refractivity (Wildman–Crippen MR) is 109 cm³/mol. The third kappa shape index (κ3) is 3.92.